The van der Waals surface area contributed by atoms with E-state index in [0.29, 0.717) is 6.61 Å². The lowest BCUT2D eigenvalue weighted by Crippen LogP contribution is -2.39. The van der Waals surface area contributed by atoms with Crippen molar-refractivity contribution in [3.05, 3.63) is 36.5 Å². The van der Waals surface area contributed by atoms with E-state index in [1.54, 1.807) is 24.8 Å². The van der Waals surface area contributed by atoms with Gasteiger partial charge in [-0.05, 0) is 6.07 Å². The lowest BCUT2D eigenvalue weighted by Gasteiger charge is -2.32. The number of morpholine rings is 1. The van der Waals surface area contributed by atoms with Crippen molar-refractivity contribution < 1.29 is 4.74 Å². The quantitative estimate of drug-likeness (QED) is 0.827. The second kappa shape index (κ2) is 4.50. The summed E-state index contributed by atoms with van der Waals surface area (Å²) >= 11 is 0. The minimum Gasteiger partial charge on any atom is -0.368 e. The van der Waals surface area contributed by atoms with Crippen LogP contribution in [0.4, 0.5) is 5.82 Å². The second-order valence-electron chi connectivity index (χ2n) is 3.88. The normalized spacial score (nSPS) is 20.5. The number of aromatic nitrogens is 4. The summed E-state index contributed by atoms with van der Waals surface area (Å²) in [6, 6.07) is 1.94. The Balaban J connectivity index is 1.76. The molecule has 0 aliphatic carbocycles. The van der Waals surface area contributed by atoms with Gasteiger partial charge in [0.1, 0.15) is 11.9 Å². The molecule has 0 aromatic carbocycles. The van der Waals surface area contributed by atoms with Crippen LogP contribution >= 0.6 is 0 Å². The number of anilines is 1. The number of rotatable bonds is 2. The summed E-state index contributed by atoms with van der Waals surface area (Å²) < 4.78 is 5.71. The number of aromatic amines is 1. The molecule has 2 aromatic rings. The van der Waals surface area contributed by atoms with Crippen molar-refractivity contribution in [1.29, 1.82) is 0 Å². The molecule has 0 saturated carbocycles. The lowest BCUT2D eigenvalue weighted by atomic mass is 10.2. The predicted octanol–water partition coefficient (Wildman–Crippen LogP) is 0.778. The summed E-state index contributed by atoms with van der Waals surface area (Å²) in [6.07, 6.45) is 6.91. The Kier molecular flexibility index (Phi) is 2.71. The fourth-order valence-corrected chi connectivity index (χ4v) is 1.95. The van der Waals surface area contributed by atoms with E-state index >= 15 is 0 Å². The minimum atomic E-state index is 0.0215. The fraction of sp³-hybridized carbons (Fsp3) is 0.364. The standard InChI is InChI=1S/C11H13N5O/c1-2-14-15-9(1)10-8-16(5-6-17-10)11-7-12-3-4-13-11/h1-4,7,10H,5-6,8H2,(H,14,15). The average Bonchev–Trinajstić information content (AvgIpc) is 2.94. The van der Waals surface area contributed by atoms with Crippen molar-refractivity contribution >= 4 is 5.82 Å². The van der Waals surface area contributed by atoms with Crippen LogP contribution in [0.2, 0.25) is 0 Å². The maximum atomic E-state index is 5.71. The summed E-state index contributed by atoms with van der Waals surface area (Å²) in [5.74, 6) is 0.889. The van der Waals surface area contributed by atoms with Crippen LogP contribution in [-0.2, 0) is 4.74 Å². The van der Waals surface area contributed by atoms with Gasteiger partial charge in [0.25, 0.3) is 0 Å². The van der Waals surface area contributed by atoms with Gasteiger partial charge in [0.15, 0.2) is 0 Å². The van der Waals surface area contributed by atoms with Gasteiger partial charge in [-0.25, -0.2) is 4.98 Å². The number of hydrogen-bond donors (Lipinski definition) is 1. The van der Waals surface area contributed by atoms with Crippen molar-refractivity contribution in [3.8, 4) is 0 Å². The van der Waals surface area contributed by atoms with Crippen LogP contribution in [0, 0.1) is 0 Å². The Labute approximate surface area is 98.7 Å². The minimum absolute atomic E-state index is 0.0215. The van der Waals surface area contributed by atoms with Crippen molar-refractivity contribution in [2.45, 2.75) is 6.10 Å². The molecule has 1 fully saturated rings. The molecule has 3 heterocycles. The van der Waals surface area contributed by atoms with E-state index in [1.165, 1.54) is 0 Å². The smallest absolute Gasteiger partial charge is 0.147 e. The molecular weight excluding hydrogens is 218 g/mol. The first-order valence-electron chi connectivity index (χ1n) is 5.55. The first kappa shape index (κ1) is 10.2. The Morgan fingerprint density at radius 1 is 1.35 bits per heavy atom. The summed E-state index contributed by atoms with van der Waals surface area (Å²) in [5, 5.41) is 6.88. The third kappa shape index (κ3) is 2.12. The van der Waals surface area contributed by atoms with Crippen molar-refractivity contribution in [2.24, 2.45) is 0 Å². The third-order valence-electron chi connectivity index (χ3n) is 2.81. The van der Waals surface area contributed by atoms with Gasteiger partial charge in [-0.15, -0.1) is 0 Å². The summed E-state index contributed by atoms with van der Waals surface area (Å²) in [4.78, 5) is 10.6. The molecule has 1 aliphatic rings. The first-order chi connectivity index (χ1) is 8.43. The highest BCUT2D eigenvalue weighted by Crippen LogP contribution is 2.22. The Bertz CT molecular complexity index is 458. The maximum Gasteiger partial charge on any atom is 0.147 e. The van der Waals surface area contributed by atoms with Gasteiger partial charge in [-0.2, -0.15) is 5.10 Å². The topological polar surface area (TPSA) is 66.9 Å². The molecule has 1 aliphatic heterocycles. The van der Waals surface area contributed by atoms with Crippen LogP contribution in [0.25, 0.3) is 0 Å². The largest absolute Gasteiger partial charge is 0.368 e. The Morgan fingerprint density at radius 3 is 3.12 bits per heavy atom. The van der Waals surface area contributed by atoms with Crippen molar-refractivity contribution in [3.63, 3.8) is 0 Å². The Morgan fingerprint density at radius 2 is 2.35 bits per heavy atom. The van der Waals surface area contributed by atoms with E-state index < -0.39 is 0 Å². The highest BCUT2D eigenvalue weighted by Gasteiger charge is 2.23. The van der Waals surface area contributed by atoms with Crippen molar-refractivity contribution in [1.82, 2.24) is 20.2 Å². The lowest BCUT2D eigenvalue weighted by molar-refractivity contribution is 0.0367. The van der Waals surface area contributed by atoms with Gasteiger partial charge in [0.2, 0.25) is 0 Å². The van der Waals surface area contributed by atoms with E-state index in [0.717, 1.165) is 24.6 Å². The van der Waals surface area contributed by atoms with Gasteiger partial charge < -0.3 is 9.64 Å². The number of hydrogen-bond acceptors (Lipinski definition) is 5. The SMILES string of the molecule is c1cnc(N2CCOC(c3ccn[nH]3)C2)cn1. The average molecular weight is 231 g/mol. The molecule has 88 valence electrons. The van der Waals surface area contributed by atoms with E-state index in [9.17, 15) is 0 Å². The molecule has 3 rings (SSSR count). The molecule has 2 aromatic heterocycles. The van der Waals surface area contributed by atoms with Gasteiger partial charge in [0.05, 0.1) is 25.0 Å². The molecule has 6 heteroatoms. The van der Waals surface area contributed by atoms with E-state index in [2.05, 4.69) is 25.1 Å². The highest BCUT2D eigenvalue weighted by atomic mass is 16.5. The fourth-order valence-electron chi connectivity index (χ4n) is 1.95. The molecule has 0 radical (unpaired) electrons. The number of nitrogens with one attached hydrogen (secondary N) is 1. The number of ether oxygens (including phenoxy) is 1. The van der Waals surface area contributed by atoms with Crippen LogP contribution in [-0.4, -0.2) is 39.9 Å². The zero-order valence-electron chi connectivity index (χ0n) is 9.28. The molecule has 1 atom stereocenters. The first-order valence-corrected chi connectivity index (χ1v) is 5.55. The van der Waals surface area contributed by atoms with Crippen molar-refractivity contribution in [2.75, 3.05) is 24.6 Å². The zero-order chi connectivity index (χ0) is 11.5. The summed E-state index contributed by atoms with van der Waals surface area (Å²) in [5.41, 5.74) is 0.999. The van der Waals surface area contributed by atoms with Gasteiger partial charge in [-0.1, -0.05) is 0 Å². The van der Waals surface area contributed by atoms with Crippen LogP contribution in [0.1, 0.15) is 11.8 Å². The molecule has 17 heavy (non-hydrogen) atoms. The highest BCUT2D eigenvalue weighted by molar-refractivity contribution is 5.36. The molecule has 1 unspecified atom stereocenters. The summed E-state index contributed by atoms with van der Waals surface area (Å²) in [6.45, 7) is 2.28. The van der Waals surface area contributed by atoms with Gasteiger partial charge in [0, 0.05) is 25.1 Å². The van der Waals surface area contributed by atoms with E-state index in [4.69, 9.17) is 4.74 Å². The van der Waals surface area contributed by atoms with Crippen LogP contribution in [0.5, 0.6) is 0 Å². The predicted molar refractivity (Wildman–Crippen MR) is 61.5 cm³/mol. The molecule has 6 nitrogen and oxygen atoms in total. The third-order valence-corrected chi connectivity index (χ3v) is 2.81. The zero-order valence-corrected chi connectivity index (χ0v) is 9.28. The van der Waals surface area contributed by atoms with Gasteiger partial charge in [-0.3, -0.25) is 10.1 Å². The molecule has 1 saturated heterocycles. The van der Waals surface area contributed by atoms with Crippen LogP contribution in [0.3, 0.4) is 0 Å². The summed E-state index contributed by atoms with van der Waals surface area (Å²) in [7, 11) is 0. The van der Waals surface area contributed by atoms with Gasteiger partial charge >= 0.3 is 0 Å². The molecule has 0 bridgehead atoms. The number of H-pyrrole nitrogens is 1. The second-order valence-corrected chi connectivity index (χ2v) is 3.88. The molecule has 1 N–H and O–H groups in total. The number of nitrogens with zero attached hydrogens (tertiary/aromatic N) is 4. The maximum absolute atomic E-state index is 5.71. The molecule has 0 spiro atoms. The molecule has 0 amide bonds. The van der Waals surface area contributed by atoms with Crippen LogP contribution in [0.15, 0.2) is 30.9 Å². The Hall–Kier alpha value is -1.95. The van der Waals surface area contributed by atoms with Crippen LogP contribution < -0.4 is 4.90 Å². The van der Waals surface area contributed by atoms with E-state index in [-0.39, 0.29) is 6.10 Å². The molecular formula is C11H13N5O. The monoisotopic (exact) mass is 231 g/mol. The van der Waals surface area contributed by atoms with E-state index in [1.807, 2.05) is 6.07 Å².